The predicted molar refractivity (Wildman–Crippen MR) is 147 cm³/mol. The van der Waals surface area contributed by atoms with Gasteiger partial charge in [-0.2, -0.15) is 4.73 Å². The highest BCUT2D eigenvalue weighted by Crippen LogP contribution is 2.45. The van der Waals surface area contributed by atoms with Crippen LogP contribution in [0.3, 0.4) is 0 Å². The zero-order valence-electron chi connectivity index (χ0n) is 20.7. The maximum absolute atomic E-state index is 13.8. The number of hydrogen-bond acceptors (Lipinski definition) is 3. The van der Waals surface area contributed by atoms with Gasteiger partial charge in [0, 0.05) is 17.1 Å². The van der Waals surface area contributed by atoms with E-state index in [1.165, 1.54) is 4.73 Å². The van der Waals surface area contributed by atoms with Gasteiger partial charge in [0.1, 0.15) is 0 Å². The second-order valence-electron chi connectivity index (χ2n) is 10.5. The monoisotopic (exact) mass is 534 g/mol. The Morgan fingerprint density at radius 1 is 1.06 bits per heavy atom. The van der Waals surface area contributed by atoms with E-state index >= 15 is 0 Å². The summed E-state index contributed by atoms with van der Waals surface area (Å²) in [5, 5.41) is 13.3. The topological polar surface area (TPSA) is 45.5 Å². The Bertz CT molecular complexity index is 1300. The van der Waals surface area contributed by atoms with Crippen molar-refractivity contribution in [1.82, 2.24) is 9.63 Å². The van der Waals surface area contributed by atoms with E-state index in [9.17, 15) is 10.0 Å². The normalized spacial score (nSPS) is 18.3. The van der Waals surface area contributed by atoms with Crippen molar-refractivity contribution in [3.63, 3.8) is 0 Å². The Kier molecular flexibility index (Phi) is 7.78. The molecular weight excluding hydrogens is 503 g/mol. The highest BCUT2D eigenvalue weighted by molar-refractivity contribution is 6.42. The molecule has 1 aliphatic carbocycles. The maximum atomic E-state index is 13.8. The number of aromatic nitrogens is 1. The van der Waals surface area contributed by atoms with Crippen molar-refractivity contribution in [3.8, 4) is 0 Å². The molecule has 0 bridgehead atoms. The van der Waals surface area contributed by atoms with Crippen LogP contribution in [0.4, 0.5) is 0 Å². The molecular formula is C28H33Cl3N2O2. The lowest BCUT2D eigenvalue weighted by Crippen LogP contribution is -2.37. The first-order valence-corrected chi connectivity index (χ1v) is 13.4. The van der Waals surface area contributed by atoms with Gasteiger partial charge in [-0.3, -0.25) is 4.79 Å². The summed E-state index contributed by atoms with van der Waals surface area (Å²) in [6, 6.07) is 10.8. The van der Waals surface area contributed by atoms with Crippen LogP contribution in [-0.2, 0) is 6.42 Å². The van der Waals surface area contributed by atoms with E-state index in [1.54, 1.807) is 18.2 Å². The first kappa shape index (κ1) is 26.3. The van der Waals surface area contributed by atoms with Gasteiger partial charge in [0.2, 0.25) is 0 Å². The first-order chi connectivity index (χ1) is 16.5. The van der Waals surface area contributed by atoms with Gasteiger partial charge in [0.15, 0.2) is 5.43 Å². The van der Waals surface area contributed by atoms with Crippen LogP contribution in [0.15, 0.2) is 41.2 Å². The molecule has 3 aromatic rings. The molecule has 1 aromatic heterocycles. The minimum Gasteiger partial charge on any atom is -0.428 e. The van der Waals surface area contributed by atoms with E-state index in [0.29, 0.717) is 43.6 Å². The average Bonchev–Trinajstić information content (AvgIpc) is 2.82. The minimum absolute atomic E-state index is 0.0157. The lowest BCUT2D eigenvalue weighted by atomic mass is 9.69. The molecule has 0 radical (unpaired) electrons. The molecule has 0 spiro atoms. The average molecular weight is 536 g/mol. The molecule has 1 heterocycles. The molecule has 188 valence electrons. The highest BCUT2D eigenvalue weighted by Gasteiger charge is 2.37. The third-order valence-corrected chi connectivity index (χ3v) is 8.39. The largest absolute Gasteiger partial charge is 0.428 e. The first-order valence-electron chi connectivity index (χ1n) is 12.3. The fourth-order valence-electron chi connectivity index (χ4n) is 5.80. The molecule has 1 N–H and O–H groups in total. The third kappa shape index (κ3) is 5.36. The SMILES string of the molecule is CCN(CC)CC(C)(C)CC1CC(c2ccc(Cl)c(Cl)c2)Cc2c1c(=O)c1cc(Cl)ccc1n2O. The smallest absolute Gasteiger partial charge is 0.193 e. The Labute approximate surface area is 222 Å². The van der Waals surface area contributed by atoms with Crippen LogP contribution in [0.5, 0.6) is 0 Å². The number of pyridine rings is 1. The summed E-state index contributed by atoms with van der Waals surface area (Å²) < 4.78 is 1.20. The number of rotatable bonds is 7. The van der Waals surface area contributed by atoms with Crippen LogP contribution in [0.2, 0.25) is 15.1 Å². The molecule has 2 aromatic carbocycles. The van der Waals surface area contributed by atoms with E-state index in [4.69, 9.17) is 34.8 Å². The van der Waals surface area contributed by atoms with Gasteiger partial charge in [-0.15, -0.1) is 0 Å². The highest BCUT2D eigenvalue weighted by atomic mass is 35.5. The van der Waals surface area contributed by atoms with Gasteiger partial charge >= 0.3 is 0 Å². The van der Waals surface area contributed by atoms with Crippen molar-refractivity contribution in [2.45, 2.75) is 58.8 Å². The molecule has 0 saturated carbocycles. The standard InChI is InChI=1S/C28H33Cl3N2O2/c1-5-32(6-2)16-28(3,4)15-19-11-18(17-7-9-22(30)23(31)12-17)13-25-26(19)27(34)21-14-20(29)8-10-24(21)33(25)35/h7-10,12,14,18-19,35H,5-6,11,13,15-16H2,1-4H3. The van der Waals surface area contributed by atoms with E-state index in [-0.39, 0.29) is 22.7 Å². The Balaban J connectivity index is 1.84. The van der Waals surface area contributed by atoms with Crippen molar-refractivity contribution in [1.29, 1.82) is 0 Å². The maximum Gasteiger partial charge on any atom is 0.193 e. The van der Waals surface area contributed by atoms with E-state index in [1.807, 2.05) is 18.2 Å². The summed E-state index contributed by atoms with van der Waals surface area (Å²) in [7, 11) is 0. The molecule has 2 atom stereocenters. The van der Waals surface area contributed by atoms with Gasteiger partial charge in [-0.1, -0.05) is 68.6 Å². The van der Waals surface area contributed by atoms with Crippen molar-refractivity contribution in [3.05, 3.63) is 78.5 Å². The molecule has 35 heavy (non-hydrogen) atoms. The Hall–Kier alpha value is -1.72. The fourth-order valence-corrected chi connectivity index (χ4v) is 6.27. The lowest BCUT2D eigenvalue weighted by Gasteiger charge is -2.38. The molecule has 0 fully saturated rings. The van der Waals surface area contributed by atoms with Crippen molar-refractivity contribution < 1.29 is 5.21 Å². The molecule has 4 nitrogen and oxygen atoms in total. The van der Waals surface area contributed by atoms with E-state index in [0.717, 1.165) is 38.0 Å². The van der Waals surface area contributed by atoms with Gasteiger partial charge in [0.25, 0.3) is 0 Å². The zero-order valence-corrected chi connectivity index (χ0v) is 23.0. The summed E-state index contributed by atoms with van der Waals surface area (Å²) in [6.45, 7) is 11.8. The lowest BCUT2D eigenvalue weighted by molar-refractivity contribution is 0.159. The molecule has 4 rings (SSSR count). The van der Waals surface area contributed by atoms with Crippen LogP contribution in [-0.4, -0.2) is 34.5 Å². The van der Waals surface area contributed by atoms with Crippen LogP contribution in [0, 0.1) is 5.41 Å². The number of benzene rings is 2. The molecule has 0 amide bonds. The molecule has 2 unspecified atom stereocenters. The van der Waals surface area contributed by atoms with Crippen molar-refractivity contribution >= 4 is 45.7 Å². The van der Waals surface area contributed by atoms with Crippen LogP contribution in [0.1, 0.15) is 69.2 Å². The Morgan fingerprint density at radius 3 is 2.43 bits per heavy atom. The van der Waals surface area contributed by atoms with Crippen molar-refractivity contribution in [2.24, 2.45) is 5.41 Å². The van der Waals surface area contributed by atoms with E-state index < -0.39 is 0 Å². The summed E-state index contributed by atoms with van der Waals surface area (Å²) in [4.78, 5) is 16.2. The second-order valence-corrected chi connectivity index (χ2v) is 11.8. The van der Waals surface area contributed by atoms with Crippen LogP contribution >= 0.6 is 34.8 Å². The number of fused-ring (bicyclic) bond motifs is 2. The van der Waals surface area contributed by atoms with E-state index in [2.05, 4.69) is 32.6 Å². The number of halogens is 3. The molecule has 0 aliphatic heterocycles. The Morgan fingerprint density at radius 2 is 1.77 bits per heavy atom. The molecule has 1 aliphatic rings. The second kappa shape index (κ2) is 10.3. The number of hydrogen-bond donors (Lipinski definition) is 1. The fraction of sp³-hybridized carbons (Fsp3) is 0.464. The third-order valence-electron chi connectivity index (χ3n) is 7.42. The summed E-state index contributed by atoms with van der Waals surface area (Å²) in [6.07, 6.45) is 2.17. The minimum atomic E-state index is -0.0287. The molecule has 0 saturated heterocycles. The quantitative estimate of drug-likeness (QED) is 0.314. The van der Waals surface area contributed by atoms with Gasteiger partial charge < -0.3 is 10.1 Å². The summed E-state index contributed by atoms with van der Waals surface area (Å²) in [5.41, 5.74) is 2.89. The molecule has 7 heteroatoms. The van der Waals surface area contributed by atoms with Gasteiger partial charge in [0.05, 0.1) is 26.6 Å². The summed E-state index contributed by atoms with van der Waals surface area (Å²) in [5.74, 6) is 0.0899. The number of nitrogens with zero attached hydrogens (tertiary/aromatic N) is 2. The van der Waals surface area contributed by atoms with Crippen molar-refractivity contribution in [2.75, 3.05) is 19.6 Å². The van der Waals surface area contributed by atoms with Crippen LogP contribution < -0.4 is 5.43 Å². The van der Waals surface area contributed by atoms with Gasteiger partial charge in [-0.05, 0) is 85.5 Å². The zero-order chi connectivity index (χ0) is 25.5. The van der Waals surface area contributed by atoms with Gasteiger partial charge in [-0.25, -0.2) is 0 Å². The summed E-state index contributed by atoms with van der Waals surface area (Å²) >= 11 is 18.8. The van der Waals surface area contributed by atoms with Crippen LogP contribution in [0.25, 0.3) is 10.9 Å². The predicted octanol–water partition coefficient (Wildman–Crippen LogP) is 7.77.